The number of hydrogen-bond acceptors (Lipinski definition) is 3. The van der Waals surface area contributed by atoms with E-state index in [1.807, 2.05) is 6.92 Å². The quantitative estimate of drug-likeness (QED) is 0.774. The summed E-state index contributed by atoms with van der Waals surface area (Å²) in [5.74, 6) is 0.160. The van der Waals surface area contributed by atoms with Crippen molar-refractivity contribution in [3.05, 3.63) is 28.8 Å². The molecule has 1 unspecified atom stereocenters. The normalized spacial score (nSPS) is 13.4. The van der Waals surface area contributed by atoms with Crippen LogP contribution >= 0.6 is 11.6 Å². The molecule has 0 aliphatic heterocycles. The van der Waals surface area contributed by atoms with Crippen molar-refractivity contribution in [1.29, 1.82) is 0 Å². The molecule has 20 heavy (non-hydrogen) atoms. The van der Waals surface area contributed by atoms with Crippen LogP contribution in [0.25, 0.3) is 0 Å². The molecule has 0 saturated heterocycles. The van der Waals surface area contributed by atoms with E-state index < -0.39 is 10.0 Å². The third-order valence-corrected chi connectivity index (χ3v) is 5.04. The van der Waals surface area contributed by atoms with Crippen molar-refractivity contribution in [3.63, 3.8) is 0 Å². The molecule has 0 bridgehead atoms. The first kappa shape index (κ1) is 17.4. The third-order valence-electron chi connectivity index (χ3n) is 3.22. The van der Waals surface area contributed by atoms with Crippen LogP contribution in [0.5, 0.6) is 0 Å². The minimum absolute atomic E-state index is 0.0758. The standard InChI is InChI=1S/C14H22ClNO3S/c1-3-4-12(7-8-17)10-16-20(18,19)14-6-5-13(15)9-11(14)2/h5-6,9,12,16-17H,3-4,7-8,10H2,1-2H3. The number of rotatable bonds is 8. The van der Waals surface area contributed by atoms with Crippen molar-refractivity contribution in [2.24, 2.45) is 5.92 Å². The fraction of sp³-hybridized carbons (Fsp3) is 0.571. The van der Waals surface area contributed by atoms with Crippen molar-refractivity contribution >= 4 is 21.6 Å². The first-order valence-electron chi connectivity index (χ1n) is 6.77. The van der Waals surface area contributed by atoms with Gasteiger partial charge in [-0.1, -0.05) is 24.9 Å². The second-order valence-electron chi connectivity index (χ2n) is 4.93. The molecule has 1 rings (SSSR count). The van der Waals surface area contributed by atoms with E-state index in [4.69, 9.17) is 16.7 Å². The van der Waals surface area contributed by atoms with Crippen LogP contribution in [0.3, 0.4) is 0 Å². The molecule has 0 aliphatic rings. The summed E-state index contributed by atoms with van der Waals surface area (Å²) in [6.07, 6.45) is 2.46. The third kappa shape index (κ3) is 5.05. The molecular formula is C14H22ClNO3S. The molecule has 0 spiro atoms. The highest BCUT2D eigenvalue weighted by Gasteiger charge is 2.18. The predicted molar refractivity (Wildman–Crippen MR) is 81.5 cm³/mol. The fourth-order valence-electron chi connectivity index (χ4n) is 2.16. The molecule has 0 radical (unpaired) electrons. The molecular weight excluding hydrogens is 298 g/mol. The number of halogens is 1. The van der Waals surface area contributed by atoms with Gasteiger partial charge in [0.2, 0.25) is 10.0 Å². The number of benzene rings is 1. The van der Waals surface area contributed by atoms with Gasteiger partial charge in [-0.25, -0.2) is 13.1 Å². The Morgan fingerprint density at radius 2 is 2.05 bits per heavy atom. The van der Waals surface area contributed by atoms with Crippen molar-refractivity contribution in [2.45, 2.75) is 38.0 Å². The molecule has 0 heterocycles. The summed E-state index contributed by atoms with van der Waals surface area (Å²) in [7, 11) is -3.53. The highest BCUT2D eigenvalue weighted by Crippen LogP contribution is 2.20. The van der Waals surface area contributed by atoms with Gasteiger partial charge in [0.25, 0.3) is 0 Å². The van der Waals surface area contributed by atoms with Gasteiger partial charge in [-0.3, -0.25) is 0 Å². The van der Waals surface area contributed by atoms with Crippen molar-refractivity contribution in [3.8, 4) is 0 Å². The van der Waals surface area contributed by atoms with E-state index in [0.29, 0.717) is 23.6 Å². The van der Waals surface area contributed by atoms with Gasteiger partial charge < -0.3 is 5.11 Å². The average molecular weight is 320 g/mol. The number of aryl methyl sites for hydroxylation is 1. The van der Waals surface area contributed by atoms with Crippen molar-refractivity contribution < 1.29 is 13.5 Å². The minimum Gasteiger partial charge on any atom is -0.396 e. The Balaban J connectivity index is 2.78. The SMILES string of the molecule is CCCC(CCO)CNS(=O)(=O)c1ccc(Cl)cc1C. The minimum atomic E-state index is -3.53. The first-order valence-corrected chi connectivity index (χ1v) is 8.63. The van der Waals surface area contributed by atoms with Crippen LogP contribution < -0.4 is 4.72 Å². The van der Waals surface area contributed by atoms with E-state index in [1.165, 1.54) is 6.07 Å². The molecule has 2 N–H and O–H groups in total. The van der Waals surface area contributed by atoms with Crippen LogP contribution in [0.4, 0.5) is 0 Å². The molecule has 0 aliphatic carbocycles. The molecule has 6 heteroatoms. The Morgan fingerprint density at radius 1 is 1.35 bits per heavy atom. The maximum Gasteiger partial charge on any atom is 0.240 e. The van der Waals surface area contributed by atoms with Gasteiger partial charge in [0.1, 0.15) is 0 Å². The number of aliphatic hydroxyl groups excluding tert-OH is 1. The maximum atomic E-state index is 12.3. The Bertz CT molecular complexity index is 525. The Morgan fingerprint density at radius 3 is 2.60 bits per heavy atom. The van der Waals surface area contributed by atoms with Gasteiger partial charge in [-0.15, -0.1) is 0 Å². The summed E-state index contributed by atoms with van der Waals surface area (Å²) < 4.78 is 27.1. The zero-order chi connectivity index (χ0) is 15.2. The van der Waals surface area contributed by atoms with E-state index in [9.17, 15) is 8.42 Å². The van der Waals surface area contributed by atoms with Crippen LogP contribution in [0.1, 0.15) is 31.7 Å². The van der Waals surface area contributed by atoms with Crippen LogP contribution in [-0.4, -0.2) is 26.7 Å². The Labute approximate surface area is 126 Å². The molecule has 1 atom stereocenters. The molecule has 0 aromatic heterocycles. The summed E-state index contributed by atoms with van der Waals surface area (Å²) in [6, 6.07) is 4.72. The lowest BCUT2D eigenvalue weighted by atomic mass is 10.0. The highest BCUT2D eigenvalue weighted by molar-refractivity contribution is 7.89. The summed E-state index contributed by atoms with van der Waals surface area (Å²) in [4.78, 5) is 0.251. The number of aliphatic hydroxyl groups is 1. The monoisotopic (exact) mass is 319 g/mol. The van der Waals surface area contributed by atoms with E-state index in [0.717, 1.165) is 12.8 Å². The molecule has 114 valence electrons. The van der Waals surface area contributed by atoms with Crippen LogP contribution in [0.2, 0.25) is 5.02 Å². The number of sulfonamides is 1. The van der Waals surface area contributed by atoms with Crippen molar-refractivity contribution in [2.75, 3.05) is 13.2 Å². The molecule has 0 saturated carbocycles. The fourth-order valence-corrected chi connectivity index (χ4v) is 3.73. The summed E-state index contributed by atoms with van der Waals surface area (Å²) in [5, 5.41) is 9.51. The zero-order valence-corrected chi connectivity index (χ0v) is 13.5. The van der Waals surface area contributed by atoms with E-state index in [1.54, 1.807) is 19.1 Å². The van der Waals surface area contributed by atoms with Gasteiger partial charge in [-0.05, 0) is 49.4 Å². The van der Waals surface area contributed by atoms with Crippen LogP contribution in [0.15, 0.2) is 23.1 Å². The highest BCUT2D eigenvalue weighted by atomic mass is 35.5. The lowest BCUT2D eigenvalue weighted by molar-refractivity contribution is 0.251. The van der Waals surface area contributed by atoms with E-state index in [-0.39, 0.29) is 17.4 Å². The average Bonchev–Trinajstić information content (AvgIpc) is 2.36. The summed E-state index contributed by atoms with van der Waals surface area (Å²) in [5.41, 5.74) is 0.624. The largest absolute Gasteiger partial charge is 0.396 e. The lowest BCUT2D eigenvalue weighted by Crippen LogP contribution is -2.30. The Hall–Kier alpha value is -0.620. The second kappa shape index (κ2) is 7.98. The second-order valence-corrected chi connectivity index (χ2v) is 7.10. The van der Waals surface area contributed by atoms with Gasteiger partial charge in [0, 0.05) is 18.2 Å². The molecule has 1 aromatic rings. The molecule has 0 fully saturated rings. The lowest BCUT2D eigenvalue weighted by Gasteiger charge is -2.16. The molecule has 4 nitrogen and oxygen atoms in total. The maximum absolute atomic E-state index is 12.3. The predicted octanol–water partition coefficient (Wildman–Crippen LogP) is 2.73. The van der Waals surface area contributed by atoms with E-state index in [2.05, 4.69) is 4.72 Å². The van der Waals surface area contributed by atoms with Gasteiger partial charge in [0.05, 0.1) is 4.90 Å². The zero-order valence-electron chi connectivity index (χ0n) is 11.9. The number of hydrogen-bond donors (Lipinski definition) is 2. The number of nitrogens with one attached hydrogen (secondary N) is 1. The molecule has 1 aromatic carbocycles. The van der Waals surface area contributed by atoms with Crippen LogP contribution in [0, 0.1) is 12.8 Å². The summed E-state index contributed by atoms with van der Waals surface area (Å²) >= 11 is 5.83. The summed E-state index contributed by atoms with van der Waals surface area (Å²) in [6.45, 7) is 4.19. The van der Waals surface area contributed by atoms with E-state index >= 15 is 0 Å². The van der Waals surface area contributed by atoms with Gasteiger partial charge in [0.15, 0.2) is 0 Å². The Kier molecular flexibility index (Phi) is 6.95. The first-order chi connectivity index (χ1) is 9.40. The van der Waals surface area contributed by atoms with Crippen LogP contribution in [-0.2, 0) is 10.0 Å². The van der Waals surface area contributed by atoms with Gasteiger partial charge >= 0.3 is 0 Å². The van der Waals surface area contributed by atoms with Crippen molar-refractivity contribution in [1.82, 2.24) is 4.72 Å². The van der Waals surface area contributed by atoms with Gasteiger partial charge in [-0.2, -0.15) is 0 Å². The smallest absolute Gasteiger partial charge is 0.240 e. The topological polar surface area (TPSA) is 66.4 Å². The molecule has 0 amide bonds.